The van der Waals surface area contributed by atoms with E-state index in [4.69, 9.17) is 37.8 Å². The van der Waals surface area contributed by atoms with E-state index in [1.54, 1.807) is 43.5 Å². The number of ether oxygens (including phenoxy) is 2. The molecule has 1 fully saturated rings. The number of nitrogens with zero attached hydrogens (tertiary/aromatic N) is 2. The number of halogens is 2. The molecule has 1 heterocycles. The molecule has 0 aliphatic carbocycles. The van der Waals surface area contributed by atoms with Crippen molar-refractivity contribution in [3.8, 4) is 11.5 Å². The van der Waals surface area contributed by atoms with Crippen LogP contribution in [-0.4, -0.2) is 40.7 Å². The van der Waals surface area contributed by atoms with Crippen LogP contribution in [0.1, 0.15) is 28.4 Å². The average Bonchev–Trinajstić information content (AvgIpc) is 3.12. The van der Waals surface area contributed by atoms with E-state index in [1.165, 1.54) is 28.8 Å². The van der Waals surface area contributed by atoms with Gasteiger partial charge in [-0.05, 0) is 72.8 Å². The van der Waals surface area contributed by atoms with Gasteiger partial charge in [0.15, 0.2) is 16.7 Å². The molecule has 1 amide bonds. The first-order chi connectivity index (χ1) is 17.8. The summed E-state index contributed by atoms with van der Waals surface area (Å²) < 4.78 is 11.7. The van der Waals surface area contributed by atoms with Crippen molar-refractivity contribution in [2.75, 3.05) is 13.7 Å². The molecule has 1 saturated heterocycles. The Morgan fingerprint density at radius 3 is 2.49 bits per heavy atom. The fourth-order valence-electron chi connectivity index (χ4n) is 3.43. The van der Waals surface area contributed by atoms with Crippen LogP contribution in [-0.2, 0) is 11.4 Å². The fraction of sp³-hybridized carbons (Fsp3) is 0.148. The van der Waals surface area contributed by atoms with Crippen LogP contribution < -0.4 is 9.47 Å². The Bertz CT molecular complexity index is 1410. The molecule has 3 aromatic rings. The topological polar surface area (TPSA) is 88.4 Å². The zero-order chi connectivity index (χ0) is 26.5. The first-order valence-corrected chi connectivity index (χ1v) is 12.8. The van der Waals surface area contributed by atoms with Crippen molar-refractivity contribution in [3.63, 3.8) is 0 Å². The molecular formula is C27H22Cl2N2O5S. The zero-order valence-corrected chi connectivity index (χ0v) is 22.2. The standard InChI is InChI=1S/C27H22Cl2N2O5S/c1-3-35-22-13-16(12-21(29)24(22)36-15-18-6-4-5-7-20(18)28)14-23-25(32)31(2)27(37-23)30-19-10-8-17(9-11-19)26(33)34/h4-14H,3,15H2,1-2H3,(H,33,34)/b23-14-,30-27?. The van der Waals surface area contributed by atoms with Gasteiger partial charge in [-0.1, -0.05) is 41.4 Å². The minimum Gasteiger partial charge on any atom is -0.490 e. The van der Waals surface area contributed by atoms with E-state index in [2.05, 4.69) is 4.99 Å². The number of benzene rings is 3. The molecule has 0 unspecified atom stereocenters. The summed E-state index contributed by atoms with van der Waals surface area (Å²) in [5, 5.41) is 10.5. The summed E-state index contributed by atoms with van der Waals surface area (Å²) in [7, 11) is 1.63. The van der Waals surface area contributed by atoms with Gasteiger partial charge in [-0.25, -0.2) is 9.79 Å². The number of carbonyl (C=O) groups excluding carboxylic acids is 1. The molecule has 0 saturated carbocycles. The minimum absolute atomic E-state index is 0.161. The van der Waals surface area contributed by atoms with E-state index in [9.17, 15) is 9.59 Å². The Morgan fingerprint density at radius 1 is 1.08 bits per heavy atom. The van der Waals surface area contributed by atoms with E-state index in [1.807, 2.05) is 25.1 Å². The van der Waals surface area contributed by atoms with Crippen LogP contribution in [0, 0.1) is 0 Å². The first kappa shape index (κ1) is 26.6. The van der Waals surface area contributed by atoms with Crippen LogP contribution >= 0.6 is 35.0 Å². The molecule has 10 heteroatoms. The predicted molar refractivity (Wildman–Crippen MR) is 147 cm³/mol. The molecule has 7 nitrogen and oxygen atoms in total. The number of amidine groups is 1. The monoisotopic (exact) mass is 556 g/mol. The van der Waals surface area contributed by atoms with Crippen LogP contribution in [0.5, 0.6) is 11.5 Å². The Labute approximate surface area is 228 Å². The van der Waals surface area contributed by atoms with E-state index >= 15 is 0 Å². The average molecular weight is 557 g/mol. The molecule has 3 aromatic carbocycles. The highest BCUT2D eigenvalue weighted by molar-refractivity contribution is 8.18. The lowest BCUT2D eigenvalue weighted by Crippen LogP contribution is -2.23. The van der Waals surface area contributed by atoms with Crippen LogP contribution in [0.15, 0.2) is 70.6 Å². The van der Waals surface area contributed by atoms with E-state index in [0.29, 0.717) is 49.5 Å². The number of aromatic carboxylic acids is 1. The van der Waals surface area contributed by atoms with Crippen molar-refractivity contribution in [3.05, 3.63) is 92.3 Å². The number of thioether (sulfide) groups is 1. The van der Waals surface area contributed by atoms with Crippen molar-refractivity contribution in [1.29, 1.82) is 0 Å². The van der Waals surface area contributed by atoms with Crippen LogP contribution in [0.3, 0.4) is 0 Å². The quantitative estimate of drug-likeness (QED) is 0.303. The largest absolute Gasteiger partial charge is 0.490 e. The highest BCUT2D eigenvalue weighted by Crippen LogP contribution is 2.40. The summed E-state index contributed by atoms with van der Waals surface area (Å²) in [5.74, 6) is -0.401. The van der Waals surface area contributed by atoms with E-state index in [-0.39, 0.29) is 18.1 Å². The normalized spacial score (nSPS) is 15.5. The molecule has 0 spiro atoms. The summed E-state index contributed by atoms with van der Waals surface area (Å²) >= 11 is 14.0. The Hall–Kier alpha value is -3.46. The Balaban J connectivity index is 1.58. The van der Waals surface area contributed by atoms with Gasteiger partial charge in [0.05, 0.1) is 27.8 Å². The Kier molecular flexibility index (Phi) is 8.43. The summed E-state index contributed by atoms with van der Waals surface area (Å²) in [6, 6.07) is 17.0. The molecule has 37 heavy (non-hydrogen) atoms. The second-order valence-corrected chi connectivity index (χ2v) is 9.69. The van der Waals surface area contributed by atoms with E-state index in [0.717, 1.165) is 5.56 Å². The third kappa shape index (κ3) is 6.28. The molecule has 1 aliphatic rings. The molecule has 190 valence electrons. The van der Waals surface area contributed by atoms with Crippen molar-refractivity contribution >= 4 is 63.8 Å². The summed E-state index contributed by atoms with van der Waals surface area (Å²) in [5.41, 5.74) is 2.17. The highest BCUT2D eigenvalue weighted by atomic mass is 35.5. The smallest absolute Gasteiger partial charge is 0.335 e. The number of hydrogen-bond acceptors (Lipinski definition) is 6. The molecule has 4 rings (SSSR count). The second-order valence-electron chi connectivity index (χ2n) is 7.86. The van der Waals surface area contributed by atoms with Crippen LogP contribution in [0.2, 0.25) is 10.0 Å². The third-order valence-corrected chi connectivity index (χ3v) is 7.01. The van der Waals surface area contributed by atoms with E-state index < -0.39 is 5.97 Å². The lowest BCUT2D eigenvalue weighted by molar-refractivity contribution is -0.121. The molecule has 1 N–H and O–H groups in total. The number of likely N-dealkylation sites (N-methyl/N-ethyl adjacent to an activating group) is 1. The summed E-state index contributed by atoms with van der Waals surface area (Å²) in [6.07, 6.45) is 1.71. The zero-order valence-electron chi connectivity index (χ0n) is 19.9. The van der Waals surface area contributed by atoms with Gasteiger partial charge in [0.1, 0.15) is 6.61 Å². The van der Waals surface area contributed by atoms with Crippen molar-refractivity contribution in [2.45, 2.75) is 13.5 Å². The van der Waals surface area contributed by atoms with Gasteiger partial charge in [-0.3, -0.25) is 9.69 Å². The lowest BCUT2D eigenvalue weighted by Gasteiger charge is -2.15. The molecule has 0 radical (unpaired) electrons. The third-order valence-electron chi connectivity index (χ3n) is 5.30. The number of carboxylic acids is 1. The van der Waals surface area contributed by atoms with Gasteiger partial charge in [0.25, 0.3) is 5.91 Å². The highest BCUT2D eigenvalue weighted by Gasteiger charge is 2.30. The van der Waals surface area contributed by atoms with Crippen molar-refractivity contribution in [2.24, 2.45) is 4.99 Å². The number of carbonyl (C=O) groups is 2. The first-order valence-electron chi connectivity index (χ1n) is 11.2. The Morgan fingerprint density at radius 2 is 1.81 bits per heavy atom. The maximum absolute atomic E-state index is 12.9. The minimum atomic E-state index is -1.02. The molecular weight excluding hydrogens is 535 g/mol. The number of amides is 1. The molecule has 0 aromatic heterocycles. The molecule has 0 bridgehead atoms. The maximum atomic E-state index is 12.9. The van der Waals surface area contributed by atoms with Crippen LogP contribution in [0.25, 0.3) is 6.08 Å². The van der Waals surface area contributed by atoms with Gasteiger partial charge in [-0.15, -0.1) is 0 Å². The maximum Gasteiger partial charge on any atom is 0.335 e. The number of carboxylic acid groups (broad SMARTS) is 1. The van der Waals surface area contributed by atoms with Crippen molar-refractivity contribution in [1.82, 2.24) is 4.90 Å². The second kappa shape index (κ2) is 11.7. The lowest BCUT2D eigenvalue weighted by atomic mass is 10.1. The number of rotatable bonds is 8. The van der Waals surface area contributed by atoms with Gasteiger partial charge in [0.2, 0.25) is 0 Å². The SMILES string of the molecule is CCOc1cc(/C=C2\SC(=Nc3ccc(C(=O)O)cc3)N(C)C2=O)cc(Cl)c1OCc1ccccc1Cl. The number of aliphatic imine (C=N–C) groups is 1. The van der Waals surface area contributed by atoms with Crippen LogP contribution in [0.4, 0.5) is 5.69 Å². The van der Waals surface area contributed by atoms with Gasteiger partial charge in [0, 0.05) is 17.6 Å². The van der Waals surface area contributed by atoms with Gasteiger partial charge in [-0.2, -0.15) is 0 Å². The van der Waals surface area contributed by atoms with Gasteiger partial charge < -0.3 is 14.6 Å². The van der Waals surface area contributed by atoms with Crippen molar-refractivity contribution < 1.29 is 24.2 Å². The number of hydrogen-bond donors (Lipinski definition) is 1. The summed E-state index contributed by atoms with van der Waals surface area (Å²) in [6.45, 7) is 2.47. The molecule has 0 atom stereocenters. The molecule has 1 aliphatic heterocycles. The van der Waals surface area contributed by atoms with Gasteiger partial charge >= 0.3 is 5.97 Å². The fourth-order valence-corrected chi connectivity index (χ4v) is 4.88. The summed E-state index contributed by atoms with van der Waals surface area (Å²) in [4.78, 5) is 30.3. The predicted octanol–water partition coefficient (Wildman–Crippen LogP) is 6.90.